The molecule has 1 heterocycles. The van der Waals surface area contributed by atoms with Gasteiger partial charge in [0.2, 0.25) is 0 Å². The van der Waals surface area contributed by atoms with Gasteiger partial charge in [0.05, 0.1) is 12.0 Å². The van der Waals surface area contributed by atoms with E-state index in [0.29, 0.717) is 0 Å². The number of imidazole rings is 1. The summed E-state index contributed by atoms with van der Waals surface area (Å²) in [6.45, 7) is 2.68. The molecule has 0 saturated heterocycles. The van der Waals surface area contributed by atoms with E-state index in [1.807, 2.05) is 13.3 Å². The molecular weight excluding hydrogens is 204 g/mol. The Kier molecular flexibility index (Phi) is 3.12. The molecule has 1 atom stereocenters. The number of amidine groups is 1. The van der Waals surface area contributed by atoms with E-state index in [9.17, 15) is 0 Å². The molecule has 1 aliphatic rings. The molecule has 1 aliphatic carbocycles. The van der Waals surface area contributed by atoms with Crippen molar-refractivity contribution >= 4 is 5.84 Å². The molecule has 0 fully saturated rings. The monoisotopic (exact) mass is 222 g/mol. The van der Waals surface area contributed by atoms with Gasteiger partial charge in [-0.1, -0.05) is 12.1 Å². The predicted octanol–water partition coefficient (Wildman–Crippen LogP) is 1.14. The number of oxime groups is 1. The lowest BCUT2D eigenvalue weighted by atomic mass is 10.0. The maximum Gasteiger partial charge on any atom is 0.143 e. The summed E-state index contributed by atoms with van der Waals surface area (Å²) in [5.41, 5.74) is 8.12. The maximum atomic E-state index is 8.61. The molecule has 5 heteroatoms. The van der Waals surface area contributed by atoms with Crippen LogP contribution < -0.4 is 5.73 Å². The van der Waals surface area contributed by atoms with E-state index < -0.39 is 0 Å². The minimum Gasteiger partial charge on any atom is -0.409 e. The second kappa shape index (κ2) is 4.55. The van der Waals surface area contributed by atoms with Crippen LogP contribution in [0.25, 0.3) is 0 Å². The molecule has 3 N–H and O–H groups in total. The first-order chi connectivity index (χ1) is 7.72. The quantitative estimate of drug-likeness (QED) is 0.348. The van der Waals surface area contributed by atoms with Gasteiger partial charge in [-0.25, -0.2) is 4.98 Å². The molecule has 16 heavy (non-hydrogen) atoms. The van der Waals surface area contributed by atoms with E-state index in [1.165, 1.54) is 24.2 Å². The van der Waals surface area contributed by atoms with Gasteiger partial charge in [-0.2, -0.15) is 0 Å². The van der Waals surface area contributed by atoms with Crippen molar-refractivity contribution in [3.8, 4) is 0 Å². The Morgan fingerprint density at radius 1 is 1.62 bits per heavy atom. The van der Waals surface area contributed by atoms with Crippen LogP contribution in [0.3, 0.4) is 0 Å². The number of nitrogens with two attached hydrogens (primary N) is 1. The van der Waals surface area contributed by atoms with Gasteiger partial charge in [0, 0.05) is 18.2 Å². The highest BCUT2D eigenvalue weighted by molar-refractivity contribution is 5.81. The molecule has 0 amide bonds. The van der Waals surface area contributed by atoms with Crippen LogP contribution in [0, 0.1) is 5.92 Å². The van der Waals surface area contributed by atoms with Crippen molar-refractivity contribution in [1.29, 1.82) is 0 Å². The third-order valence-electron chi connectivity index (χ3n) is 3.20. The van der Waals surface area contributed by atoms with Gasteiger partial charge >= 0.3 is 0 Å². The van der Waals surface area contributed by atoms with Crippen molar-refractivity contribution in [2.75, 3.05) is 0 Å². The number of nitrogens with zero attached hydrogens (tertiary/aromatic N) is 3. The minimum absolute atomic E-state index is 0.0326. The lowest BCUT2D eigenvalue weighted by Gasteiger charge is -2.16. The number of hydrogen-bond acceptors (Lipinski definition) is 3. The fourth-order valence-electron chi connectivity index (χ4n) is 2.18. The SMILES string of the molecule is CC(Cn1cnc2c1CCCC2)C(N)=NO. The largest absolute Gasteiger partial charge is 0.409 e. The zero-order chi connectivity index (χ0) is 11.5. The molecule has 0 bridgehead atoms. The lowest BCUT2D eigenvalue weighted by Crippen LogP contribution is -2.26. The Morgan fingerprint density at radius 3 is 3.12 bits per heavy atom. The number of hydrogen-bond donors (Lipinski definition) is 2. The third kappa shape index (κ3) is 2.03. The summed E-state index contributed by atoms with van der Waals surface area (Å²) in [6.07, 6.45) is 6.52. The second-order valence-corrected chi connectivity index (χ2v) is 4.42. The average molecular weight is 222 g/mol. The molecule has 88 valence electrons. The van der Waals surface area contributed by atoms with E-state index in [0.717, 1.165) is 19.4 Å². The fraction of sp³-hybridized carbons (Fsp3) is 0.636. The van der Waals surface area contributed by atoms with Crippen molar-refractivity contribution in [2.45, 2.75) is 39.2 Å². The zero-order valence-corrected chi connectivity index (χ0v) is 9.56. The van der Waals surface area contributed by atoms with Gasteiger partial charge in [0.1, 0.15) is 5.84 Å². The molecule has 2 rings (SSSR count). The first-order valence-electron chi connectivity index (χ1n) is 5.72. The molecular formula is C11H18N4O. The highest BCUT2D eigenvalue weighted by Crippen LogP contribution is 2.20. The predicted molar refractivity (Wildman–Crippen MR) is 61.4 cm³/mol. The highest BCUT2D eigenvalue weighted by Gasteiger charge is 2.17. The van der Waals surface area contributed by atoms with Gasteiger partial charge in [-0.05, 0) is 25.7 Å². The summed E-state index contributed by atoms with van der Waals surface area (Å²) in [4.78, 5) is 4.41. The van der Waals surface area contributed by atoms with Gasteiger partial charge in [-0.3, -0.25) is 0 Å². The van der Waals surface area contributed by atoms with Crippen LogP contribution in [0.15, 0.2) is 11.5 Å². The van der Waals surface area contributed by atoms with E-state index in [2.05, 4.69) is 14.7 Å². The number of rotatable bonds is 3. The smallest absolute Gasteiger partial charge is 0.143 e. The van der Waals surface area contributed by atoms with E-state index >= 15 is 0 Å². The summed E-state index contributed by atoms with van der Waals surface area (Å²) in [5.74, 6) is 0.309. The molecule has 0 aliphatic heterocycles. The summed E-state index contributed by atoms with van der Waals surface area (Å²) in [5, 5.41) is 11.7. The molecule has 1 unspecified atom stereocenters. The normalized spacial score (nSPS) is 18.2. The molecule has 0 spiro atoms. The summed E-state index contributed by atoms with van der Waals surface area (Å²) < 4.78 is 2.14. The molecule has 0 saturated carbocycles. The molecule has 0 radical (unpaired) electrons. The summed E-state index contributed by atoms with van der Waals surface area (Å²) in [6, 6.07) is 0. The Labute approximate surface area is 95.0 Å². The number of aromatic nitrogens is 2. The Hall–Kier alpha value is -1.52. The Bertz CT molecular complexity index is 397. The molecule has 0 aromatic carbocycles. The van der Waals surface area contributed by atoms with Gasteiger partial charge in [0.15, 0.2) is 0 Å². The topological polar surface area (TPSA) is 76.4 Å². The van der Waals surface area contributed by atoms with E-state index in [1.54, 1.807) is 0 Å². The van der Waals surface area contributed by atoms with Crippen LogP contribution in [0.4, 0.5) is 0 Å². The van der Waals surface area contributed by atoms with Crippen molar-refractivity contribution < 1.29 is 5.21 Å². The fourth-order valence-corrected chi connectivity index (χ4v) is 2.18. The van der Waals surface area contributed by atoms with Crippen molar-refractivity contribution in [2.24, 2.45) is 16.8 Å². The van der Waals surface area contributed by atoms with E-state index in [-0.39, 0.29) is 11.8 Å². The summed E-state index contributed by atoms with van der Waals surface area (Å²) >= 11 is 0. The molecule has 1 aromatic rings. The first-order valence-corrected chi connectivity index (χ1v) is 5.72. The van der Waals surface area contributed by atoms with Crippen LogP contribution >= 0.6 is 0 Å². The maximum absolute atomic E-state index is 8.61. The zero-order valence-electron chi connectivity index (χ0n) is 9.56. The Balaban J connectivity index is 2.13. The van der Waals surface area contributed by atoms with Crippen LogP contribution in [0.5, 0.6) is 0 Å². The number of aryl methyl sites for hydroxylation is 1. The third-order valence-corrected chi connectivity index (χ3v) is 3.20. The van der Waals surface area contributed by atoms with Crippen molar-refractivity contribution in [1.82, 2.24) is 9.55 Å². The van der Waals surface area contributed by atoms with E-state index in [4.69, 9.17) is 10.9 Å². The van der Waals surface area contributed by atoms with Gasteiger partial charge in [0.25, 0.3) is 0 Å². The van der Waals surface area contributed by atoms with Crippen molar-refractivity contribution in [3.63, 3.8) is 0 Å². The van der Waals surface area contributed by atoms with Crippen LogP contribution in [0.1, 0.15) is 31.2 Å². The Morgan fingerprint density at radius 2 is 2.38 bits per heavy atom. The average Bonchev–Trinajstić information content (AvgIpc) is 2.72. The van der Waals surface area contributed by atoms with Crippen LogP contribution in [-0.2, 0) is 19.4 Å². The molecule has 1 aromatic heterocycles. The molecule has 5 nitrogen and oxygen atoms in total. The van der Waals surface area contributed by atoms with Gasteiger partial charge < -0.3 is 15.5 Å². The standard InChI is InChI=1S/C11H18N4O/c1-8(11(12)14-16)6-15-7-13-9-4-2-3-5-10(9)15/h7-8,16H,2-6H2,1H3,(H2,12,14). The van der Waals surface area contributed by atoms with Crippen LogP contribution in [0.2, 0.25) is 0 Å². The van der Waals surface area contributed by atoms with Crippen molar-refractivity contribution in [3.05, 3.63) is 17.7 Å². The second-order valence-electron chi connectivity index (χ2n) is 4.42. The number of fused-ring (bicyclic) bond motifs is 1. The van der Waals surface area contributed by atoms with Gasteiger partial charge in [-0.15, -0.1) is 0 Å². The highest BCUT2D eigenvalue weighted by atomic mass is 16.4. The minimum atomic E-state index is 0.0326. The first kappa shape index (κ1) is 11.0. The van der Waals surface area contributed by atoms with Crippen LogP contribution in [-0.4, -0.2) is 20.6 Å². The lowest BCUT2D eigenvalue weighted by molar-refractivity contribution is 0.313. The summed E-state index contributed by atoms with van der Waals surface area (Å²) in [7, 11) is 0.